The van der Waals surface area contributed by atoms with Gasteiger partial charge in [0.1, 0.15) is 12.0 Å². The molecule has 3 atom stereocenters. The molecule has 8 nitrogen and oxygen atoms in total. The number of nitrogens with zero attached hydrogens (tertiary/aromatic N) is 1. The number of primary amides is 1. The van der Waals surface area contributed by atoms with Crippen molar-refractivity contribution in [1.82, 2.24) is 0 Å². The SMILES string of the molecule is CC1=NC2=C(C(=O)CC(c3ccc4c(c3)OCO4)C2)C(c2cccc(C(N)=O)c2)C1C(=O)OC1CCCC1. The molecular formula is C30H30N2O6. The average molecular weight is 515 g/mol. The predicted molar refractivity (Wildman–Crippen MR) is 139 cm³/mol. The van der Waals surface area contributed by atoms with Crippen molar-refractivity contribution in [2.75, 3.05) is 6.79 Å². The van der Waals surface area contributed by atoms with E-state index in [4.69, 9.17) is 24.9 Å². The topological polar surface area (TPSA) is 117 Å². The first-order valence-corrected chi connectivity index (χ1v) is 13.2. The van der Waals surface area contributed by atoms with Gasteiger partial charge in [-0.05, 0) is 80.3 Å². The Morgan fingerprint density at radius 3 is 2.58 bits per heavy atom. The average Bonchev–Trinajstić information content (AvgIpc) is 3.59. The van der Waals surface area contributed by atoms with Crippen LogP contribution in [0.25, 0.3) is 0 Å². The second-order valence-corrected chi connectivity index (χ2v) is 10.5. The first-order chi connectivity index (χ1) is 18.4. The number of allylic oxidation sites excluding steroid dienone is 2. The third-order valence-corrected chi connectivity index (χ3v) is 8.13. The van der Waals surface area contributed by atoms with Gasteiger partial charge in [-0.15, -0.1) is 0 Å². The van der Waals surface area contributed by atoms with Crippen molar-refractivity contribution in [3.63, 3.8) is 0 Å². The highest BCUT2D eigenvalue weighted by molar-refractivity contribution is 6.09. The van der Waals surface area contributed by atoms with E-state index in [1.54, 1.807) is 18.2 Å². The number of aliphatic imine (C=N–C) groups is 1. The lowest BCUT2D eigenvalue weighted by molar-refractivity contribution is -0.151. The van der Waals surface area contributed by atoms with Gasteiger partial charge in [-0.25, -0.2) is 0 Å². The molecule has 2 aromatic carbocycles. The Balaban J connectivity index is 1.39. The monoisotopic (exact) mass is 514 g/mol. The molecule has 0 saturated heterocycles. The van der Waals surface area contributed by atoms with E-state index in [1.165, 1.54) is 0 Å². The molecule has 0 spiro atoms. The van der Waals surface area contributed by atoms with Crippen molar-refractivity contribution in [3.05, 3.63) is 70.4 Å². The molecule has 0 radical (unpaired) electrons. The Labute approximate surface area is 220 Å². The number of benzene rings is 2. The van der Waals surface area contributed by atoms with Crippen molar-refractivity contribution < 1.29 is 28.6 Å². The van der Waals surface area contributed by atoms with E-state index in [1.807, 2.05) is 31.2 Å². The van der Waals surface area contributed by atoms with Crippen LogP contribution in [0.5, 0.6) is 11.5 Å². The number of carbonyl (C=O) groups is 3. The standard InChI is InChI=1S/C30H30N2O6/c1-16-26(30(35)38-21-7-2-3-8-21)27(18-5-4-6-19(11-18)29(31)34)28-22(32-16)12-20(13-23(28)33)17-9-10-24-25(14-17)37-15-36-24/h4-6,9-11,14,20-21,26-27H,2-3,7-8,12-13,15H2,1H3,(H2,31,34). The van der Waals surface area contributed by atoms with Gasteiger partial charge in [-0.3, -0.25) is 19.4 Å². The summed E-state index contributed by atoms with van der Waals surface area (Å²) in [6.07, 6.45) is 4.49. The second kappa shape index (κ2) is 9.74. The van der Waals surface area contributed by atoms with Gasteiger partial charge in [0.25, 0.3) is 0 Å². The van der Waals surface area contributed by atoms with Gasteiger partial charge < -0.3 is 19.9 Å². The van der Waals surface area contributed by atoms with E-state index in [0.29, 0.717) is 46.0 Å². The van der Waals surface area contributed by atoms with Gasteiger partial charge >= 0.3 is 5.97 Å². The fourth-order valence-corrected chi connectivity index (χ4v) is 6.26. The fourth-order valence-electron chi connectivity index (χ4n) is 6.26. The normalized spacial score (nSPS) is 24.7. The molecule has 2 aromatic rings. The minimum absolute atomic E-state index is 0.0571. The van der Waals surface area contributed by atoms with Gasteiger partial charge in [0.2, 0.25) is 12.7 Å². The molecule has 2 N–H and O–H groups in total. The van der Waals surface area contributed by atoms with Crippen molar-refractivity contribution >= 4 is 23.4 Å². The van der Waals surface area contributed by atoms with E-state index in [0.717, 1.165) is 31.2 Å². The number of amides is 1. The summed E-state index contributed by atoms with van der Waals surface area (Å²) in [5.74, 6) is -1.04. The van der Waals surface area contributed by atoms with Crippen LogP contribution in [0.2, 0.25) is 0 Å². The van der Waals surface area contributed by atoms with Gasteiger partial charge in [-0.1, -0.05) is 18.2 Å². The van der Waals surface area contributed by atoms with E-state index in [2.05, 4.69) is 0 Å². The number of rotatable bonds is 5. The molecule has 4 aliphatic rings. The number of ketones is 1. The summed E-state index contributed by atoms with van der Waals surface area (Å²) in [5, 5.41) is 0. The third-order valence-electron chi connectivity index (χ3n) is 8.13. The molecule has 1 saturated carbocycles. The summed E-state index contributed by atoms with van der Waals surface area (Å²) in [7, 11) is 0. The Morgan fingerprint density at radius 1 is 1.00 bits per heavy atom. The maximum atomic E-state index is 13.8. The quantitative estimate of drug-likeness (QED) is 0.584. The van der Waals surface area contributed by atoms with Crippen molar-refractivity contribution in [2.24, 2.45) is 16.6 Å². The number of Topliss-reactive ketones (excluding diaryl/α,β-unsaturated/α-hetero) is 1. The Kier molecular flexibility index (Phi) is 6.26. The zero-order chi connectivity index (χ0) is 26.4. The largest absolute Gasteiger partial charge is 0.462 e. The highest BCUT2D eigenvalue weighted by atomic mass is 16.7. The summed E-state index contributed by atoms with van der Waals surface area (Å²) >= 11 is 0. The molecule has 196 valence electrons. The molecule has 8 heteroatoms. The summed E-state index contributed by atoms with van der Waals surface area (Å²) in [6, 6.07) is 12.7. The van der Waals surface area contributed by atoms with Crippen LogP contribution in [-0.2, 0) is 14.3 Å². The lowest BCUT2D eigenvalue weighted by Crippen LogP contribution is -2.39. The highest BCUT2D eigenvalue weighted by Crippen LogP contribution is 2.48. The molecule has 6 rings (SSSR count). The van der Waals surface area contributed by atoms with E-state index in [-0.39, 0.29) is 37.0 Å². The molecular weight excluding hydrogens is 484 g/mol. The summed E-state index contributed by atoms with van der Waals surface area (Å²) < 4.78 is 16.9. The molecule has 2 aliphatic carbocycles. The van der Waals surface area contributed by atoms with Crippen LogP contribution in [0.1, 0.15) is 78.8 Å². The zero-order valence-electron chi connectivity index (χ0n) is 21.3. The lowest BCUT2D eigenvalue weighted by Gasteiger charge is -2.37. The van der Waals surface area contributed by atoms with Crippen molar-refractivity contribution in [1.29, 1.82) is 0 Å². The fraction of sp³-hybridized carbons (Fsp3) is 0.400. The zero-order valence-corrected chi connectivity index (χ0v) is 21.3. The van der Waals surface area contributed by atoms with Gasteiger partial charge in [0.05, 0.1) is 0 Å². The predicted octanol–water partition coefficient (Wildman–Crippen LogP) is 4.58. The minimum Gasteiger partial charge on any atom is -0.462 e. The van der Waals surface area contributed by atoms with Crippen molar-refractivity contribution in [3.8, 4) is 11.5 Å². The number of nitrogens with two attached hydrogens (primary N) is 1. The van der Waals surface area contributed by atoms with Crippen LogP contribution < -0.4 is 15.2 Å². The molecule has 0 aromatic heterocycles. The molecule has 1 fully saturated rings. The van der Waals surface area contributed by atoms with Crippen molar-refractivity contribution in [2.45, 2.75) is 63.4 Å². The van der Waals surface area contributed by atoms with Crippen LogP contribution in [0, 0.1) is 5.92 Å². The number of ether oxygens (including phenoxy) is 3. The van der Waals surface area contributed by atoms with Gasteiger partial charge in [0.15, 0.2) is 17.3 Å². The van der Waals surface area contributed by atoms with Crippen LogP contribution in [-0.4, -0.2) is 36.3 Å². The highest BCUT2D eigenvalue weighted by Gasteiger charge is 2.45. The smallest absolute Gasteiger partial charge is 0.315 e. The summed E-state index contributed by atoms with van der Waals surface area (Å²) in [6.45, 7) is 2.01. The number of esters is 1. The first kappa shape index (κ1) is 24.4. The minimum atomic E-state index is -0.747. The van der Waals surface area contributed by atoms with Crippen LogP contribution >= 0.6 is 0 Å². The van der Waals surface area contributed by atoms with E-state index < -0.39 is 17.7 Å². The maximum absolute atomic E-state index is 13.8. The molecule has 2 aliphatic heterocycles. The van der Waals surface area contributed by atoms with Gasteiger partial charge in [-0.2, -0.15) is 0 Å². The first-order valence-electron chi connectivity index (χ1n) is 13.2. The number of hydrogen-bond acceptors (Lipinski definition) is 7. The van der Waals surface area contributed by atoms with Crippen LogP contribution in [0.3, 0.4) is 0 Å². The van der Waals surface area contributed by atoms with E-state index >= 15 is 0 Å². The Morgan fingerprint density at radius 2 is 1.79 bits per heavy atom. The lowest BCUT2D eigenvalue weighted by atomic mass is 9.69. The number of hydrogen-bond donors (Lipinski definition) is 1. The maximum Gasteiger partial charge on any atom is 0.315 e. The van der Waals surface area contributed by atoms with Gasteiger partial charge in [0, 0.05) is 34.9 Å². The molecule has 2 heterocycles. The molecule has 1 amide bonds. The second-order valence-electron chi connectivity index (χ2n) is 10.5. The Hall–Kier alpha value is -3.94. The number of fused-ring (bicyclic) bond motifs is 1. The van der Waals surface area contributed by atoms with Crippen LogP contribution in [0.15, 0.2) is 58.7 Å². The Bertz CT molecular complexity index is 1390. The van der Waals surface area contributed by atoms with E-state index in [9.17, 15) is 14.4 Å². The molecule has 0 bridgehead atoms. The summed E-state index contributed by atoms with van der Waals surface area (Å²) in [4.78, 5) is 44.3. The van der Waals surface area contributed by atoms with Crippen LogP contribution in [0.4, 0.5) is 0 Å². The third kappa shape index (κ3) is 4.38. The molecule has 3 unspecified atom stereocenters. The summed E-state index contributed by atoms with van der Waals surface area (Å²) in [5.41, 5.74) is 9.39. The number of carbonyl (C=O) groups excluding carboxylic acids is 3. The molecule has 38 heavy (non-hydrogen) atoms.